The number of hydrogen-bond donors (Lipinski definition) is 2. The van der Waals surface area contributed by atoms with Crippen LogP contribution in [0.2, 0.25) is 5.02 Å². The standard InChI is InChI=1S/C16H18ClN3O3S/c1-3-18-14(22)9(2)19-15(23)16-7-6-13(21)20(16)11-8-10(17)4-5-12(11)24-16/h4-5,8-9H,3,6-7H2,1-2H3,(H,18,22)(H,19,23)/t9-,16+/m0/s1. The number of benzene rings is 1. The lowest BCUT2D eigenvalue weighted by Gasteiger charge is -2.30. The van der Waals surface area contributed by atoms with E-state index in [0.717, 1.165) is 4.90 Å². The number of amides is 3. The molecule has 0 aliphatic carbocycles. The Kier molecular flexibility index (Phi) is 4.48. The van der Waals surface area contributed by atoms with E-state index < -0.39 is 10.9 Å². The maximum Gasteiger partial charge on any atom is 0.257 e. The van der Waals surface area contributed by atoms with Crippen molar-refractivity contribution in [3.05, 3.63) is 23.2 Å². The van der Waals surface area contributed by atoms with Gasteiger partial charge in [0, 0.05) is 22.9 Å². The van der Waals surface area contributed by atoms with Gasteiger partial charge in [0.1, 0.15) is 6.04 Å². The quantitative estimate of drug-likeness (QED) is 0.852. The molecule has 2 heterocycles. The van der Waals surface area contributed by atoms with E-state index in [4.69, 9.17) is 11.6 Å². The molecule has 0 spiro atoms. The Morgan fingerprint density at radius 2 is 2.21 bits per heavy atom. The Morgan fingerprint density at radius 3 is 2.92 bits per heavy atom. The van der Waals surface area contributed by atoms with Crippen LogP contribution in [0.5, 0.6) is 0 Å². The number of nitrogens with zero attached hydrogens (tertiary/aromatic N) is 1. The van der Waals surface area contributed by atoms with Crippen LogP contribution in [0.25, 0.3) is 0 Å². The van der Waals surface area contributed by atoms with Crippen molar-refractivity contribution in [2.45, 2.75) is 42.5 Å². The number of carbonyl (C=O) groups is 3. The van der Waals surface area contributed by atoms with Gasteiger partial charge in [0.2, 0.25) is 11.8 Å². The molecular weight excluding hydrogens is 350 g/mol. The first kappa shape index (κ1) is 17.1. The van der Waals surface area contributed by atoms with Crippen LogP contribution in [-0.4, -0.2) is 35.2 Å². The van der Waals surface area contributed by atoms with Gasteiger partial charge in [-0.1, -0.05) is 23.4 Å². The normalized spacial score (nSPS) is 22.8. The second-order valence-corrected chi connectivity index (χ2v) is 7.57. The first-order valence-corrected chi connectivity index (χ1v) is 8.99. The van der Waals surface area contributed by atoms with E-state index in [-0.39, 0.29) is 17.7 Å². The average Bonchev–Trinajstić information content (AvgIpc) is 3.04. The minimum Gasteiger partial charge on any atom is -0.355 e. The summed E-state index contributed by atoms with van der Waals surface area (Å²) in [6, 6.07) is 4.59. The molecule has 3 amide bonds. The van der Waals surface area contributed by atoms with E-state index in [2.05, 4.69) is 10.6 Å². The lowest BCUT2D eigenvalue weighted by molar-refractivity contribution is -0.130. The van der Waals surface area contributed by atoms with E-state index in [9.17, 15) is 14.4 Å². The average molecular weight is 368 g/mol. The molecule has 2 N–H and O–H groups in total. The van der Waals surface area contributed by atoms with Gasteiger partial charge in [-0.2, -0.15) is 0 Å². The van der Waals surface area contributed by atoms with Gasteiger partial charge >= 0.3 is 0 Å². The van der Waals surface area contributed by atoms with E-state index in [1.54, 1.807) is 19.1 Å². The highest BCUT2D eigenvalue weighted by molar-refractivity contribution is 8.02. The molecule has 24 heavy (non-hydrogen) atoms. The van der Waals surface area contributed by atoms with Gasteiger partial charge in [-0.05, 0) is 38.5 Å². The van der Waals surface area contributed by atoms with E-state index in [1.807, 2.05) is 13.0 Å². The van der Waals surface area contributed by atoms with Crippen molar-refractivity contribution in [3.8, 4) is 0 Å². The molecule has 2 atom stereocenters. The van der Waals surface area contributed by atoms with Gasteiger partial charge < -0.3 is 10.6 Å². The highest BCUT2D eigenvalue weighted by Gasteiger charge is 2.57. The maximum absolute atomic E-state index is 12.9. The summed E-state index contributed by atoms with van der Waals surface area (Å²) in [7, 11) is 0. The van der Waals surface area contributed by atoms with Crippen LogP contribution in [0.4, 0.5) is 5.69 Å². The Balaban J connectivity index is 1.88. The molecule has 0 saturated carbocycles. The zero-order valence-electron chi connectivity index (χ0n) is 13.4. The number of likely N-dealkylation sites (N-methyl/N-ethyl adjacent to an activating group) is 1. The Bertz CT molecular complexity index is 727. The van der Waals surface area contributed by atoms with Crippen molar-refractivity contribution < 1.29 is 14.4 Å². The third kappa shape index (κ3) is 2.65. The van der Waals surface area contributed by atoms with Crippen molar-refractivity contribution >= 4 is 46.8 Å². The van der Waals surface area contributed by atoms with Crippen LogP contribution in [0.15, 0.2) is 23.1 Å². The molecule has 2 aliphatic rings. The summed E-state index contributed by atoms with van der Waals surface area (Å²) in [6.07, 6.45) is 0.693. The third-order valence-electron chi connectivity index (χ3n) is 4.18. The van der Waals surface area contributed by atoms with Gasteiger partial charge in [-0.15, -0.1) is 0 Å². The van der Waals surface area contributed by atoms with Crippen molar-refractivity contribution in [1.82, 2.24) is 10.6 Å². The first-order valence-electron chi connectivity index (χ1n) is 7.79. The lowest BCUT2D eigenvalue weighted by Crippen LogP contribution is -2.56. The third-order valence-corrected chi connectivity index (χ3v) is 5.89. The van der Waals surface area contributed by atoms with Crippen molar-refractivity contribution in [1.29, 1.82) is 0 Å². The summed E-state index contributed by atoms with van der Waals surface area (Å²) in [5.41, 5.74) is 0.663. The molecule has 1 aromatic rings. The Labute approximate surface area is 149 Å². The number of rotatable bonds is 4. The smallest absolute Gasteiger partial charge is 0.257 e. The summed E-state index contributed by atoms with van der Waals surface area (Å²) in [6.45, 7) is 3.94. The highest BCUT2D eigenvalue weighted by Crippen LogP contribution is 2.56. The van der Waals surface area contributed by atoms with Crippen LogP contribution in [-0.2, 0) is 14.4 Å². The van der Waals surface area contributed by atoms with Crippen molar-refractivity contribution in [2.24, 2.45) is 0 Å². The predicted molar refractivity (Wildman–Crippen MR) is 93.0 cm³/mol. The molecule has 2 aliphatic heterocycles. The summed E-state index contributed by atoms with van der Waals surface area (Å²) in [5.74, 6) is -0.685. The fourth-order valence-corrected chi connectivity index (χ4v) is 4.59. The summed E-state index contributed by atoms with van der Waals surface area (Å²) in [4.78, 5) is 38.5. The van der Waals surface area contributed by atoms with E-state index in [1.165, 1.54) is 16.7 Å². The van der Waals surface area contributed by atoms with Crippen LogP contribution in [0, 0.1) is 0 Å². The Hall–Kier alpha value is -1.73. The molecule has 0 radical (unpaired) electrons. The minimum absolute atomic E-state index is 0.107. The molecule has 6 nitrogen and oxygen atoms in total. The molecule has 128 valence electrons. The fourth-order valence-electron chi connectivity index (χ4n) is 3.02. The van der Waals surface area contributed by atoms with Crippen LogP contribution in [0.1, 0.15) is 26.7 Å². The molecule has 0 unspecified atom stereocenters. The summed E-state index contributed by atoms with van der Waals surface area (Å²) < 4.78 is 0. The van der Waals surface area contributed by atoms with Gasteiger partial charge in [0.15, 0.2) is 4.87 Å². The number of anilines is 1. The molecule has 8 heteroatoms. The number of fused-ring (bicyclic) bond motifs is 3. The molecular formula is C16H18ClN3O3S. The zero-order valence-corrected chi connectivity index (χ0v) is 15.0. The monoisotopic (exact) mass is 367 g/mol. The Morgan fingerprint density at radius 1 is 1.46 bits per heavy atom. The molecule has 0 bridgehead atoms. The van der Waals surface area contributed by atoms with Crippen molar-refractivity contribution in [3.63, 3.8) is 0 Å². The van der Waals surface area contributed by atoms with Gasteiger partial charge in [-0.25, -0.2) is 0 Å². The maximum atomic E-state index is 12.9. The lowest BCUT2D eigenvalue weighted by atomic mass is 10.1. The molecule has 3 rings (SSSR count). The first-order chi connectivity index (χ1) is 11.4. The largest absolute Gasteiger partial charge is 0.355 e. The van der Waals surface area contributed by atoms with Crippen LogP contribution < -0.4 is 15.5 Å². The van der Waals surface area contributed by atoms with E-state index >= 15 is 0 Å². The SMILES string of the molecule is CCNC(=O)[C@H](C)NC(=O)[C@]12CCC(=O)N1c1cc(Cl)ccc1S2. The van der Waals surface area contributed by atoms with Gasteiger partial charge in [0.05, 0.1) is 5.69 Å². The summed E-state index contributed by atoms with van der Waals surface area (Å²) >= 11 is 7.39. The zero-order chi connectivity index (χ0) is 17.5. The predicted octanol–water partition coefficient (Wildman–Crippen LogP) is 1.91. The van der Waals surface area contributed by atoms with Gasteiger partial charge in [-0.3, -0.25) is 19.3 Å². The molecule has 1 fully saturated rings. The molecule has 1 aromatic carbocycles. The van der Waals surface area contributed by atoms with Crippen LogP contribution in [0.3, 0.4) is 0 Å². The second kappa shape index (κ2) is 6.29. The fraction of sp³-hybridized carbons (Fsp3) is 0.438. The van der Waals surface area contributed by atoms with Crippen LogP contribution >= 0.6 is 23.4 Å². The van der Waals surface area contributed by atoms with Gasteiger partial charge in [0.25, 0.3) is 5.91 Å². The highest BCUT2D eigenvalue weighted by atomic mass is 35.5. The number of carbonyl (C=O) groups excluding carboxylic acids is 3. The number of nitrogens with one attached hydrogen (secondary N) is 2. The molecule has 0 aromatic heterocycles. The van der Waals surface area contributed by atoms with E-state index in [0.29, 0.717) is 30.1 Å². The second-order valence-electron chi connectivity index (χ2n) is 5.82. The summed E-state index contributed by atoms with van der Waals surface area (Å²) in [5, 5.41) is 5.93. The number of thioether (sulfide) groups is 1. The van der Waals surface area contributed by atoms with Crippen molar-refractivity contribution in [2.75, 3.05) is 11.4 Å². The number of halogens is 1. The molecule has 1 saturated heterocycles. The topological polar surface area (TPSA) is 78.5 Å². The number of hydrogen-bond acceptors (Lipinski definition) is 4. The minimum atomic E-state index is -1.04.